The Labute approximate surface area is 139 Å². The summed E-state index contributed by atoms with van der Waals surface area (Å²) in [5.41, 5.74) is 0.476. The van der Waals surface area contributed by atoms with E-state index >= 15 is 0 Å². The Hall–Kier alpha value is -2.89. The quantitative estimate of drug-likeness (QED) is 0.852. The maximum absolute atomic E-state index is 12.4. The minimum Gasteiger partial charge on any atom is -0.481 e. The third kappa shape index (κ3) is 3.90. The van der Waals surface area contributed by atoms with Gasteiger partial charge in [-0.1, -0.05) is 12.1 Å². The number of rotatable bonds is 6. The maximum Gasteiger partial charge on any atom is 0.303 e. The van der Waals surface area contributed by atoms with E-state index in [-0.39, 0.29) is 24.3 Å². The first-order chi connectivity index (χ1) is 11.6. The van der Waals surface area contributed by atoms with Crippen molar-refractivity contribution in [2.45, 2.75) is 25.3 Å². The summed E-state index contributed by atoms with van der Waals surface area (Å²) in [7, 11) is 0. The number of carboxylic acids is 1. The minimum absolute atomic E-state index is 0.0133. The second-order valence-corrected chi connectivity index (χ2v) is 5.81. The Kier molecular flexibility index (Phi) is 4.74. The van der Waals surface area contributed by atoms with Crippen LogP contribution in [-0.4, -0.2) is 28.0 Å². The van der Waals surface area contributed by atoms with Crippen LogP contribution in [0, 0.1) is 5.92 Å². The minimum atomic E-state index is -0.829. The molecule has 124 valence electrons. The topological polar surface area (TPSA) is 88.5 Å². The Morgan fingerprint density at radius 3 is 2.75 bits per heavy atom. The summed E-state index contributed by atoms with van der Waals surface area (Å²) in [4.78, 5) is 27.2. The molecule has 0 bridgehead atoms. The van der Waals surface area contributed by atoms with Gasteiger partial charge in [-0.2, -0.15) is 0 Å². The monoisotopic (exact) mass is 326 g/mol. The Balaban J connectivity index is 1.63. The number of aliphatic carboxylic acids is 1. The zero-order valence-corrected chi connectivity index (χ0v) is 13.0. The van der Waals surface area contributed by atoms with E-state index in [1.165, 1.54) is 0 Å². The lowest BCUT2D eigenvalue weighted by atomic mass is 9.77. The molecule has 6 heteroatoms. The molecule has 0 aliphatic heterocycles. The number of hydrogen-bond donors (Lipinski definition) is 2. The number of carbonyl (C=O) groups is 2. The van der Waals surface area contributed by atoms with Crippen molar-refractivity contribution in [3.05, 3.63) is 54.2 Å². The van der Waals surface area contributed by atoms with Gasteiger partial charge in [-0.15, -0.1) is 0 Å². The number of carboxylic acid groups (broad SMARTS) is 1. The molecule has 1 heterocycles. The van der Waals surface area contributed by atoms with Crippen LogP contribution in [0.3, 0.4) is 0 Å². The molecule has 1 aromatic carbocycles. The standard InChI is InChI=1S/C18H18N2O4/c21-17(22)11-12-7-8-15(12)20-18(23)13-4-3-5-14(10-13)24-16-6-1-2-9-19-16/h1-6,9-10,12,15H,7-8,11H2,(H,20,23)(H,21,22)/t12-,15-/m0/s1. The molecule has 1 amide bonds. The van der Waals surface area contributed by atoms with Crippen LogP contribution in [0.15, 0.2) is 48.7 Å². The molecule has 2 aromatic rings. The number of ether oxygens (including phenoxy) is 1. The smallest absolute Gasteiger partial charge is 0.303 e. The summed E-state index contributed by atoms with van der Waals surface area (Å²) in [6.07, 6.45) is 3.37. The number of amides is 1. The number of nitrogens with zero attached hydrogens (tertiary/aromatic N) is 1. The van der Waals surface area contributed by atoms with Crippen molar-refractivity contribution in [3.63, 3.8) is 0 Å². The first-order valence-electron chi connectivity index (χ1n) is 7.83. The van der Waals surface area contributed by atoms with Gasteiger partial charge in [0.25, 0.3) is 5.91 Å². The molecule has 2 N–H and O–H groups in total. The normalized spacial score (nSPS) is 19.2. The maximum atomic E-state index is 12.4. The highest BCUT2D eigenvalue weighted by Gasteiger charge is 2.33. The zero-order chi connectivity index (χ0) is 16.9. The van der Waals surface area contributed by atoms with Crippen molar-refractivity contribution in [2.75, 3.05) is 0 Å². The van der Waals surface area contributed by atoms with E-state index in [1.54, 1.807) is 42.6 Å². The molecule has 6 nitrogen and oxygen atoms in total. The number of nitrogens with one attached hydrogen (secondary N) is 1. The van der Waals surface area contributed by atoms with Gasteiger partial charge in [0.2, 0.25) is 5.88 Å². The van der Waals surface area contributed by atoms with E-state index in [0.29, 0.717) is 17.2 Å². The molecule has 1 aromatic heterocycles. The van der Waals surface area contributed by atoms with Gasteiger partial charge >= 0.3 is 5.97 Å². The summed E-state index contributed by atoms with van der Waals surface area (Å²) in [6, 6.07) is 12.1. The second-order valence-electron chi connectivity index (χ2n) is 5.81. The number of pyridine rings is 1. The first-order valence-corrected chi connectivity index (χ1v) is 7.83. The van der Waals surface area contributed by atoms with Crippen LogP contribution in [0.4, 0.5) is 0 Å². The van der Waals surface area contributed by atoms with Gasteiger partial charge in [-0.3, -0.25) is 9.59 Å². The second kappa shape index (κ2) is 7.12. The molecule has 1 aliphatic rings. The van der Waals surface area contributed by atoms with Gasteiger partial charge < -0.3 is 15.2 Å². The van der Waals surface area contributed by atoms with E-state index in [2.05, 4.69) is 10.3 Å². The first kappa shape index (κ1) is 16.0. The van der Waals surface area contributed by atoms with Crippen molar-refractivity contribution >= 4 is 11.9 Å². The molecule has 0 saturated heterocycles. The summed E-state index contributed by atoms with van der Waals surface area (Å²) in [6.45, 7) is 0. The highest BCUT2D eigenvalue weighted by molar-refractivity contribution is 5.94. The Morgan fingerprint density at radius 1 is 1.21 bits per heavy atom. The third-order valence-corrected chi connectivity index (χ3v) is 4.13. The third-order valence-electron chi connectivity index (χ3n) is 4.13. The fraction of sp³-hybridized carbons (Fsp3) is 0.278. The SMILES string of the molecule is O=C(O)C[C@@H]1CC[C@@H]1NC(=O)c1cccc(Oc2ccccn2)c1. The Bertz CT molecular complexity index is 733. The molecule has 2 atom stereocenters. The lowest BCUT2D eigenvalue weighted by Crippen LogP contribution is -2.47. The van der Waals surface area contributed by atoms with Crippen molar-refractivity contribution < 1.29 is 19.4 Å². The van der Waals surface area contributed by atoms with Crippen molar-refractivity contribution in [2.24, 2.45) is 5.92 Å². The van der Waals surface area contributed by atoms with E-state index in [9.17, 15) is 9.59 Å². The van der Waals surface area contributed by atoms with Crippen LogP contribution in [0.1, 0.15) is 29.6 Å². The molecule has 1 fully saturated rings. The van der Waals surface area contributed by atoms with Crippen LogP contribution >= 0.6 is 0 Å². The molecule has 1 saturated carbocycles. The summed E-state index contributed by atoms with van der Waals surface area (Å²) >= 11 is 0. The molecular weight excluding hydrogens is 308 g/mol. The Morgan fingerprint density at radius 2 is 2.08 bits per heavy atom. The number of hydrogen-bond acceptors (Lipinski definition) is 4. The average molecular weight is 326 g/mol. The van der Waals surface area contributed by atoms with E-state index < -0.39 is 5.97 Å². The van der Waals surface area contributed by atoms with Crippen LogP contribution in [-0.2, 0) is 4.79 Å². The summed E-state index contributed by atoms with van der Waals surface area (Å²) in [5, 5.41) is 11.8. The predicted octanol–water partition coefficient (Wildman–Crippen LogP) is 2.86. The largest absolute Gasteiger partial charge is 0.481 e. The number of benzene rings is 1. The van der Waals surface area contributed by atoms with Crippen molar-refractivity contribution in [1.82, 2.24) is 10.3 Å². The highest BCUT2D eigenvalue weighted by atomic mass is 16.5. The van der Waals surface area contributed by atoms with E-state index in [4.69, 9.17) is 9.84 Å². The van der Waals surface area contributed by atoms with Gasteiger partial charge in [-0.05, 0) is 43.0 Å². The predicted molar refractivity (Wildman–Crippen MR) is 87.0 cm³/mol. The van der Waals surface area contributed by atoms with Crippen molar-refractivity contribution in [1.29, 1.82) is 0 Å². The molecule has 0 unspecified atom stereocenters. The number of carbonyl (C=O) groups excluding carboxylic acids is 1. The van der Waals surface area contributed by atoms with Crippen LogP contribution in [0.5, 0.6) is 11.6 Å². The highest BCUT2D eigenvalue weighted by Crippen LogP contribution is 2.30. The molecule has 1 aliphatic carbocycles. The molecule has 0 radical (unpaired) electrons. The molecule has 3 rings (SSSR count). The molecular formula is C18H18N2O4. The van der Waals surface area contributed by atoms with Gasteiger partial charge in [0, 0.05) is 23.9 Å². The van der Waals surface area contributed by atoms with Crippen LogP contribution < -0.4 is 10.1 Å². The van der Waals surface area contributed by atoms with E-state index in [0.717, 1.165) is 12.8 Å². The molecule has 0 spiro atoms. The molecule has 24 heavy (non-hydrogen) atoms. The lowest BCUT2D eigenvalue weighted by molar-refractivity contribution is -0.139. The summed E-state index contributed by atoms with van der Waals surface area (Å²) in [5.74, 6) is -0.0571. The van der Waals surface area contributed by atoms with Gasteiger partial charge in [0.05, 0.1) is 6.42 Å². The van der Waals surface area contributed by atoms with Gasteiger partial charge in [0.1, 0.15) is 5.75 Å². The van der Waals surface area contributed by atoms with Crippen LogP contribution in [0.25, 0.3) is 0 Å². The average Bonchev–Trinajstić information content (AvgIpc) is 2.57. The number of aromatic nitrogens is 1. The fourth-order valence-electron chi connectivity index (χ4n) is 2.71. The zero-order valence-electron chi connectivity index (χ0n) is 13.0. The van der Waals surface area contributed by atoms with E-state index in [1.807, 2.05) is 6.07 Å². The van der Waals surface area contributed by atoms with Crippen LogP contribution in [0.2, 0.25) is 0 Å². The van der Waals surface area contributed by atoms with Gasteiger partial charge in [0.15, 0.2) is 0 Å². The fourth-order valence-corrected chi connectivity index (χ4v) is 2.71. The summed E-state index contributed by atoms with van der Waals surface area (Å²) < 4.78 is 5.62. The van der Waals surface area contributed by atoms with Gasteiger partial charge in [-0.25, -0.2) is 4.98 Å². The lowest BCUT2D eigenvalue weighted by Gasteiger charge is -2.36. The van der Waals surface area contributed by atoms with Crippen molar-refractivity contribution in [3.8, 4) is 11.6 Å².